The lowest BCUT2D eigenvalue weighted by Gasteiger charge is -2.18. The largest absolute Gasteiger partial charge is 0.434 e. The second kappa shape index (κ2) is 10.1. The number of allylic oxidation sites excluding steroid dienone is 1. The molecule has 0 radical (unpaired) electrons. The predicted molar refractivity (Wildman–Crippen MR) is 132 cm³/mol. The van der Waals surface area contributed by atoms with Gasteiger partial charge in [-0.15, -0.1) is 4.80 Å². The van der Waals surface area contributed by atoms with Crippen LogP contribution in [0, 0.1) is 0 Å². The van der Waals surface area contributed by atoms with E-state index >= 15 is 0 Å². The van der Waals surface area contributed by atoms with E-state index in [1.54, 1.807) is 30.5 Å². The van der Waals surface area contributed by atoms with Crippen molar-refractivity contribution in [2.75, 3.05) is 5.32 Å². The van der Waals surface area contributed by atoms with Gasteiger partial charge in [-0.25, -0.2) is 9.98 Å². The number of aromatic nitrogens is 5. The van der Waals surface area contributed by atoms with Crippen LogP contribution < -0.4 is 16.8 Å². The normalized spacial score (nSPS) is 12.7. The fourth-order valence-electron chi connectivity index (χ4n) is 3.28. The first-order valence-corrected chi connectivity index (χ1v) is 10.7. The summed E-state index contributed by atoms with van der Waals surface area (Å²) in [4.78, 5) is 13.4. The SMILES string of the molecule is C=C(Nc1cnc(-n2ncc(CN)n2)c(Cl)c1)C(=CN)C(=Nc1cccc2ncccc12)C(F)(F)F. The van der Waals surface area contributed by atoms with Gasteiger partial charge < -0.3 is 16.8 Å². The molecule has 0 aliphatic heterocycles. The molecule has 0 saturated carbocycles. The zero-order valence-electron chi connectivity index (χ0n) is 18.5. The summed E-state index contributed by atoms with van der Waals surface area (Å²) in [6.45, 7) is 3.90. The maximum atomic E-state index is 14.1. The molecule has 0 saturated heterocycles. The lowest BCUT2D eigenvalue weighted by atomic mass is 10.1. The Bertz CT molecular complexity index is 1490. The molecule has 4 rings (SSSR count). The van der Waals surface area contributed by atoms with E-state index < -0.39 is 17.5 Å². The molecule has 9 nitrogen and oxygen atoms in total. The molecule has 4 aromatic rings. The van der Waals surface area contributed by atoms with Gasteiger partial charge in [-0.05, 0) is 30.3 Å². The van der Waals surface area contributed by atoms with Crippen molar-refractivity contribution >= 4 is 39.6 Å². The molecule has 5 N–H and O–H groups in total. The minimum Gasteiger partial charge on any atom is -0.404 e. The van der Waals surface area contributed by atoms with Crippen molar-refractivity contribution in [3.63, 3.8) is 0 Å². The summed E-state index contributed by atoms with van der Waals surface area (Å²) in [7, 11) is 0. The number of halogens is 4. The van der Waals surface area contributed by atoms with Gasteiger partial charge in [0.25, 0.3) is 0 Å². The highest BCUT2D eigenvalue weighted by atomic mass is 35.5. The van der Waals surface area contributed by atoms with Crippen LogP contribution in [0.25, 0.3) is 16.7 Å². The fraction of sp³-hybridized carbons (Fsp3) is 0.0870. The van der Waals surface area contributed by atoms with E-state index in [2.05, 4.69) is 37.1 Å². The van der Waals surface area contributed by atoms with Crippen molar-refractivity contribution in [3.8, 4) is 5.82 Å². The van der Waals surface area contributed by atoms with Crippen molar-refractivity contribution in [3.05, 3.63) is 89.8 Å². The number of anilines is 1. The third-order valence-electron chi connectivity index (χ3n) is 4.93. The summed E-state index contributed by atoms with van der Waals surface area (Å²) in [5.74, 6) is 0.212. The van der Waals surface area contributed by atoms with E-state index in [0.717, 1.165) is 6.20 Å². The maximum absolute atomic E-state index is 14.1. The Kier molecular flexibility index (Phi) is 6.99. The summed E-state index contributed by atoms with van der Waals surface area (Å²) in [5.41, 5.74) is 10.7. The molecule has 36 heavy (non-hydrogen) atoms. The first-order chi connectivity index (χ1) is 17.2. The zero-order chi connectivity index (χ0) is 25.9. The number of aliphatic imine (C=N–C) groups is 1. The van der Waals surface area contributed by atoms with Crippen LogP contribution in [0.2, 0.25) is 5.02 Å². The van der Waals surface area contributed by atoms with E-state index in [9.17, 15) is 13.2 Å². The summed E-state index contributed by atoms with van der Waals surface area (Å²) < 4.78 is 42.3. The van der Waals surface area contributed by atoms with Gasteiger partial charge in [0.15, 0.2) is 11.5 Å². The highest BCUT2D eigenvalue weighted by molar-refractivity contribution is 6.32. The zero-order valence-corrected chi connectivity index (χ0v) is 19.3. The Labute approximate surface area is 208 Å². The van der Waals surface area contributed by atoms with E-state index in [1.807, 2.05) is 0 Å². The molecule has 0 bridgehead atoms. The number of pyridine rings is 2. The highest BCUT2D eigenvalue weighted by Gasteiger charge is 2.39. The number of hydrogen-bond donors (Lipinski definition) is 3. The smallest absolute Gasteiger partial charge is 0.404 e. The van der Waals surface area contributed by atoms with Crippen LogP contribution in [-0.4, -0.2) is 36.8 Å². The summed E-state index contributed by atoms with van der Waals surface area (Å²) in [5, 5.41) is 11.5. The van der Waals surface area contributed by atoms with Gasteiger partial charge in [-0.1, -0.05) is 24.2 Å². The van der Waals surface area contributed by atoms with Crippen LogP contribution in [0.1, 0.15) is 5.69 Å². The second-order valence-electron chi connectivity index (χ2n) is 7.35. The Hall–Kier alpha value is -4.29. The summed E-state index contributed by atoms with van der Waals surface area (Å²) in [6, 6.07) is 9.40. The second-order valence-corrected chi connectivity index (χ2v) is 7.76. The molecule has 184 valence electrons. The Balaban J connectivity index is 1.65. The van der Waals surface area contributed by atoms with Crippen LogP contribution in [0.15, 0.2) is 84.0 Å². The number of fused-ring (bicyclic) bond motifs is 1. The van der Waals surface area contributed by atoms with Crippen LogP contribution in [-0.2, 0) is 6.54 Å². The number of nitrogens with two attached hydrogens (primary N) is 2. The minimum absolute atomic E-state index is 0.0812. The highest BCUT2D eigenvalue weighted by Crippen LogP contribution is 2.32. The number of nitrogens with one attached hydrogen (secondary N) is 1. The summed E-state index contributed by atoms with van der Waals surface area (Å²) >= 11 is 6.30. The molecule has 3 aromatic heterocycles. The van der Waals surface area contributed by atoms with Gasteiger partial charge in [-0.2, -0.15) is 23.4 Å². The van der Waals surface area contributed by atoms with Crippen molar-refractivity contribution in [1.29, 1.82) is 0 Å². The molecule has 0 atom stereocenters. The average Bonchev–Trinajstić information content (AvgIpc) is 3.32. The first-order valence-electron chi connectivity index (χ1n) is 10.4. The predicted octanol–water partition coefficient (Wildman–Crippen LogP) is 4.43. The molecule has 3 heterocycles. The van der Waals surface area contributed by atoms with E-state index in [-0.39, 0.29) is 34.5 Å². The lowest BCUT2D eigenvalue weighted by molar-refractivity contribution is -0.0580. The standard InChI is InChI=1S/C23H19ClF3N9/c1-13(33-14-8-18(24)22(31-11-14)36-32-12-15(9-28)35-36)17(10-29)21(23(25,26)27)34-20-6-2-5-19-16(20)4-3-7-30-19/h2-8,10-12,33H,1,9,28-29H2. The van der Waals surface area contributed by atoms with Gasteiger partial charge >= 0.3 is 6.18 Å². The van der Waals surface area contributed by atoms with Gasteiger partial charge in [0, 0.05) is 35.6 Å². The number of hydrogen-bond acceptors (Lipinski definition) is 8. The molecule has 0 aliphatic carbocycles. The Morgan fingerprint density at radius 1 is 1.19 bits per heavy atom. The van der Waals surface area contributed by atoms with Gasteiger partial charge in [-0.3, -0.25) is 4.98 Å². The molecule has 1 aromatic carbocycles. The van der Waals surface area contributed by atoms with E-state index in [1.165, 1.54) is 29.3 Å². The number of benzene rings is 1. The Morgan fingerprint density at radius 2 is 2.00 bits per heavy atom. The quantitative estimate of drug-likeness (QED) is 0.246. The van der Waals surface area contributed by atoms with E-state index in [4.69, 9.17) is 23.1 Å². The minimum atomic E-state index is -4.84. The lowest BCUT2D eigenvalue weighted by Crippen LogP contribution is -2.27. The van der Waals surface area contributed by atoms with Crippen LogP contribution in [0.3, 0.4) is 0 Å². The number of rotatable bonds is 7. The molecular formula is C23H19ClF3N9. The van der Waals surface area contributed by atoms with Gasteiger partial charge in [0.2, 0.25) is 0 Å². The molecule has 0 unspecified atom stereocenters. The first kappa shape index (κ1) is 24.8. The van der Waals surface area contributed by atoms with Crippen molar-refractivity contribution < 1.29 is 13.2 Å². The monoisotopic (exact) mass is 513 g/mol. The average molecular weight is 514 g/mol. The maximum Gasteiger partial charge on any atom is 0.434 e. The molecule has 13 heteroatoms. The Morgan fingerprint density at radius 3 is 2.67 bits per heavy atom. The van der Waals surface area contributed by atoms with Crippen LogP contribution >= 0.6 is 11.6 Å². The summed E-state index contributed by atoms with van der Waals surface area (Å²) in [6.07, 6.45) is 0.297. The topological polar surface area (TPSA) is 133 Å². The molecule has 0 fully saturated rings. The van der Waals surface area contributed by atoms with Gasteiger partial charge in [0.05, 0.1) is 40.0 Å². The van der Waals surface area contributed by atoms with Crippen LogP contribution in [0.4, 0.5) is 24.5 Å². The van der Waals surface area contributed by atoms with Crippen molar-refractivity contribution in [2.45, 2.75) is 12.7 Å². The van der Waals surface area contributed by atoms with Crippen molar-refractivity contribution in [1.82, 2.24) is 25.0 Å². The third-order valence-corrected chi connectivity index (χ3v) is 5.20. The molecule has 0 spiro atoms. The number of nitrogens with zero attached hydrogens (tertiary/aromatic N) is 6. The number of alkyl halides is 3. The third kappa shape index (κ3) is 5.19. The van der Waals surface area contributed by atoms with E-state index in [0.29, 0.717) is 16.6 Å². The molecule has 0 aliphatic rings. The van der Waals surface area contributed by atoms with Crippen LogP contribution in [0.5, 0.6) is 0 Å². The molecule has 0 amide bonds. The fourth-order valence-corrected chi connectivity index (χ4v) is 3.52. The molecular weight excluding hydrogens is 495 g/mol. The van der Waals surface area contributed by atoms with Gasteiger partial charge in [0.1, 0.15) is 0 Å². The van der Waals surface area contributed by atoms with Crippen molar-refractivity contribution in [2.24, 2.45) is 16.5 Å².